The highest BCUT2D eigenvalue weighted by Gasteiger charge is 2.13. The van der Waals surface area contributed by atoms with Gasteiger partial charge in [0.25, 0.3) is 0 Å². The van der Waals surface area contributed by atoms with Gasteiger partial charge >= 0.3 is 0 Å². The lowest BCUT2D eigenvalue weighted by molar-refractivity contribution is -0.128. The van der Waals surface area contributed by atoms with Gasteiger partial charge in [0, 0.05) is 24.2 Å². The van der Waals surface area contributed by atoms with Crippen molar-refractivity contribution in [3.8, 4) is 0 Å². The number of amides is 1. The van der Waals surface area contributed by atoms with E-state index in [0.717, 1.165) is 22.1 Å². The van der Waals surface area contributed by atoms with Crippen molar-refractivity contribution in [2.75, 3.05) is 12.3 Å². The van der Waals surface area contributed by atoms with Crippen molar-refractivity contribution in [2.45, 2.75) is 24.7 Å². The van der Waals surface area contributed by atoms with E-state index in [1.807, 2.05) is 54.5 Å². The lowest BCUT2D eigenvalue weighted by Gasteiger charge is -2.20. The van der Waals surface area contributed by atoms with Crippen LogP contribution in [-0.2, 0) is 11.3 Å². The number of carbonyl (C=O) groups excluding carboxylic acids is 1. The van der Waals surface area contributed by atoms with E-state index < -0.39 is 0 Å². The van der Waals surface area contributed by atoms with Crippen molar-refractivity contribution >= 4 is 29.0 Å². The first kappa shape index (κ1) is 15.1. The second kappa shape index (κ2) is 7.45. The summed E-state index contributed by atoms with van der Waals surface area (Å²) < 4.78 is 0.964. The number of hydrogen-bond acceptors (Lipinski definition) is 4. The Balaban J connectivity index is 1.89. The van der Waals surface area contributed by atoms with E-state index in [1.54, 1.807) is 11.3 Å². The first-order chi connectivity index (χ1) is 9.69. The van der Waals surface area contributed by atoms with E-state index >= 15 is 0 Å². The van der Waals surface area contributed by atoms with Crippen LogP contribution < -0.4 is 0 Å². The molecule has 0 atom stereocenters. The molecule has 1 aromatic heterocycles. The van der Waals surface area contributed by atoms with Gasteiger partial charge in [-0.25, -0.2) is 4.98 Å². The summed E-state index contributed by atoms with van der Waals surface area (Å²) in [5, 5.41) is 2.01. The average molecular weight is 306 g/mol. The zero-order valence-corrected chi connectivity index (χ0v) is 13.3. The van der Waals surface area contributed by atoms with Gasteiger partial charge in [-0.1, -0.05) is 42.1 Å². The molecule has 0 unspecified atom stereocenters. The summed E-state index contributed by atoms with van der Waals surface area (Å²) in [6.07, 6.45) is 0. The number of nitrogens with zero attached hydrogens (tertiary/aromatic N) is 2. The van der Waals surface area contributed by atoms with E-state index in [4.69, 9.17) is 0 Å². The average Bonchev–Trinajstić information content (AvgIpc) is 2.89. The van der Waals surface area contributed by atoms with Crippen LogP contribution in [0.5, 0.6) is 0 Å². The molecular weight excluding hydrogens is 288 g/mol. The second-order valence-electron chi connectivity index (χ2n) is 4.44. The highest BCUT2D eigenvalue weighted by molar-refractivity contribution is 8.01. The molecule has 0 radical (unpaired) electrons. The fraction of sp³-hybridized carbons (Fsp3) is 0.333. The summed E-state index contributed by atoms with van der Waals surface area (Å²) in [7, 11) is 0. The van der Waals surface area contributed by atoms with Crippen molar-refractivity contribution < 1.29 is 4.79 Å². The minimum Gasteiger partial charge on any atom is -0.338 e. The van der Waals surface area contributed by atoms with E-state index in [1.165, 1.54) is 11.8 Å². The quantitative estimate of drug-likeness (QED) is 0.765. The van der Waals surface area contributed by atoms with Gasteiger partial charge in [-0.05, 0) is 19.4 Å². The molecule has 0 aliphatic rings. The summed E-state index contributed by atoms with van der Waals surface area (Å²) in [4.78, 5) is 18.5. The van der Waals surface area contributed by atoms with E-state index in [2.05, 4.69) is 4.98 Å². The van der Waals surface area contributed by atoms with E-state index in [-0.39, 0.29) is 5.91 Å². The standard InChI is InChI=1S/C15H18N2OS2/c1-3-17(9-13-7-5-4-6-8-13)14(18)11-20-15-16-12(2)10-19-15/h4-8,10H,3,9,11H2,1-2H3. The number of rotatable bonds is 6. The third-order valence-corrected chi connectivity index (χ3v) is 4.99. The van der Waals surface area contributed by atoms with Gasteiger partial charge < -0.3 is 4.90 Å². The normalized spacial score (nSPS) is 10.5. The number of benzene rings is 1. The number of thioether (sulfide) groups is 1. The van der Waals surface area contributed by atoms with Crippen LogP contribution in [0.4, 0.5) is 0 Å². The number of carbonyl (C=O) groups is 1. The molecule has 0 aliphatic carbocycles. The molecule has 1 amide bonds. The molecule has 0 aliphatic heterocycles. The Bertz CT molecular complexity index is 554. The molecule has 3 nitrogen and oxygen atoms in total. The molecule has 0 bridgehead atoms. The molecule has 106 valence electrons. The monoisotopic (exact) mass is 306 g/mol. The molecule has 0 saturated carbocycles. The maximum Gasteiger partial charge on any atom is 0.233 e. The van der Waals surface area contributed by atoms with Crippen molar-refractivity contribution in [3.05, 3.63) is 47.0 Å². The molecule has 2 rings (SSSR count). The van der Waals surface area contributed by atoms with Crippen LogP contribution in [0.2, 0.25) is 0 Å². The van der Waals surface area contributed by atoms with Crippen LogP contribution in [0.25, 0.3) is 0 Å². The van der Waals surface area contributed by atoms with Gasteiger partial charge in [0.2, 0.25) is 5.91 Å². The molecule has 0 spiro atoms. The number of thiazole rings is 1. The second-order valence-corrected chi connectivity index (χ2v) is 6.52. The van der Waals surface area contributed by atoms with E-state index in [0.29, 0.717) is 12.3 Å². The summed E-state index contributed by atoms with van der Waals surface area (Å²) in [6, 6.07) is 10.1. The Morgan fingerprint density at radius 3 is 2.70 bits per heavy atom. The predicted octanol–water partition coefficient (Wildman–Crippen LogP) is 3.59. The fourth-order valence-electron chi connectivity index (χ4n) is 1.79. The highest BCUT2D eigenvalue weighted by Crippen LogP contribution is 2.22. The third kappa shape index (κ3) is 4.35. The van der Waals surface area contributed by atoms with Crippen LogP contribution in [0.1, 0.15) is 18.2 Å². The lowest BCUT2D eigenvalue weighted by atomic mass is 10.2. The third-order valence-electron chi connectivity index (χ3n) is 2.87. The fourth-order valence-corrected chi connectivity index (χ4v) is 3.55. The first-order valence-corrected chi connectivity index (χ1v) is 8.42. The summed E-state index contributed by atoms with van der Waals surface area (Å²) in [5.41, 5.74) is 2.18. The van der Waals surface area contributed by atoms with Crippen molar-refractivity contribution in [2.24, 2.45) is 0 Å². The zero-order valence-electron chi connectivity index (χ0n) is 11.7. The van der Waals surface area contributed by atoms with Crippen molar-refractivity contribution in [3.63, 3.8) is 0 Å². The largest absolute Gasteiger partial charge is 0.338 e. The minimum absolute atomic E-state index is 0.161. The number of aryl methyl sites for hydroxylation is 1. The van der Waals surface area contributed by atoms with Crippen LogP contribution in [0, 0.1) is 6.92 Å². The molecule has 2 aromatic rings. The molecule has 0 saturated heterocycles. The van der Waals surface area contributed by atoms with Crippen molar-refractivity contribution in [1.29, 1.82) is 0 Å². The first-order valence-electron chi connectivity index (χ1n) is 6.55. The number of hydrogen-bond donors (Lipinski definition) is 0. The maximum atomic E-state index is 12.2. The van der Waals surface area contributed by atoms with Crippen LogP contribution in [0.15, 0.2) is 40.1 Å². The van der Waals surface area contributed by atoms with Gasteiger partial charge in [-0.3, -0.25) is 4.79 Å². The van der Waals surface area contributed by atoms with Crippen LogP contribution in [0.3, 0.4) is 0 Å². The lowest BCUT2D eigenvalue weighted by Crippen LogP contribution is -2.31. The molecule has 1 aromatic carbocycles. The minimum atomic E-state index is 0.161. The SMILES string of the molecule is CCN(Cc1ccccc1)C(=O)CSc1nc(C)cs1. The maximum absolute atomic E-state index is 12.2. The summed E-state index contributed by atoms with van der Waals surface area (Å²) in [5.74, 6) is 0.613. The Hall–Kier alpha value is -1.33. The molecular formula is C15H18N2OS2. The topological polar surface area (TPSA) is 33.2 Å². The van der Waals surface area contributed by atoms with E-state index in [9.17, 15) is 4.79 Å². The highest BCUT2D eigenvalue weighted by atomic mass is 32.2. The summed E-state index contributed by atoms with van der Waals surface area (Å²) >= 11 is 3.12. The van der Waals surface area contributed by atoms with Crippen LogP contribution in [-0.4, -0.2) is 28.1 Å². The van der Waals surface area contributed by atoms with Gasteiger partial charge in [-0.2, -0.15) is 0 Å². The van der Waals surface area contributed by atoms with Gasteiger partial charge in [0.15, 0.2) is 4.34 Å². The molecule has 0 N–H and O–H groups in total. The Morgan fingerprint density at radius 1 is 1.35 bits per heavy atom. The van der Waals surface area contributed by atoms with Gasteiger partial charge in [0.05, 0.1) is 5.75 Å². The molecule has 1 heterocycles. The Labute approximate surface area is 128 Å². The molecule has 0 fully saturated rings. The van der Waals surface area contributed by atoms with Crippen molar-refractivity contribution in [1.82, 2.24) is 9.88 Å². The smallest absolute Gasteiger partial charge is 0.233 e. The van der Waals surface area contributed by atoms with Crippen LogP contribution >= 0.6 is 23.1 Å². The zero-order chi connectivity index (χ0) is 14.4. The molecule has 5 heteroatoms. The Morgan fingerprint density at radius 2 is 2.10 bits per heavy atom. The summed E-state index contributed by atoms with van der Waals surface area (Å²) in [6.45, 7) is 5.38. The van der Waals surface area contributed by atoms with Gasteiger partial charge in [0.1, 0.15) is 0 Å². The van der Waals surface area contributed by atoms with Gasteiger partial charge in [-0.15, -0.1) is 11.3 Å². The predicted molar refractivity (Wildman–Crippen MR) is 85.1 cm³/mol. The number of aromatic nitrogens is 1. The Kier molecular flexibility index (Phi) is 5.61. The molecule has 20 heavy (non-hydrogen) atoms.